The Morgan fingerprint density at radius 3 is 2.30 bits per heavy atom. The first-order chi connectivity index (χ1) is 18.8. The number of aromatic hydroxyl groups is 2. The predicted molar refractivity (Wildman–Crippen MR) is 150 cm³/mol. The molecule has 0 aliphatic carbocycles. The number of carbonyl (C=O) groups excluding carboxylic acids is 2. The van der Waals surface area contributed by atoms with E-state index in [2.05, 4.69) is 5.32 Å². The lowest BCUT2D eigenvalue weighted by molar-refractivity contribution is -0.112. The minimum absolute atomic E-state index is 0.00496. The van der Waals surface area contributed by atoms with Gasteiger partial charge in [-0.05, 0) is 37.8 Å². The van der Waals surface area contributed by atoms with Crippen molar-refractivity contribution in [2.75, 3.05) is 26.6 Å². The lowest BCUT2D eigenvalue weighted by atomic mass is 9.86. The molecule has 1 heterocycles. The van der Waals surface area contributed by atoms with Gasteiger partial charge in [0, 0.05) is 44.5 Å². The zero-order valence-electron chi connectivity index (χ0n) is 24.1. The number of ether oxygens (including phenoxy) is 4. The number of methoxy groups -OCH3 is 3. The van der Waals surface area contributed by atoms with Gasteiger partial charge in [0.1, 0.15) is 17.6 Å². The molecule has 222 valence electrons. The number of benzene rings is 1. The molecule has 1 aliphatic heterocycles. The first-order valence-corrected chi connectivity index (χ1v) is 13.0. The first kappa shape index (κ1) is 32.8. The molecule has 7 atom stereocenters. The quantitative estimate of drug-likeness (QED) is 0.209. The number of phenols is 2. The molecule has 1 aromatic rings. The molecular formula is C29H42N2O9. The summed E-state index contributed by atoms with van der Waals surface area (Å²) in [6.07, 6.45) is 1.78. The van der Waals surface area contributed by atoms with Crippen LogP contribution in [0.4, 0.5) is 10.5 Å². The van der Waals surface area contributed by atoms with Gasteiger partial charge in [0.15, 0.2) is 6.10 Å². The summed E-state index contributed by atoms with van der Waals surface area (Å²) in [5.74, 6) is -1.70. The number of phenolic OH excluding ortho intramolecular Hbond substituents is 2. The van der Waals surface area contributed by atoms with E-state index in [1.807, 2.05) is 6.92 Å². The first-order valence-electron chi connectivity index (χ1n) is 13.0. The topological polar surface area (TPSA) is 170 Å². The average Bonchev–Trinajstić information content (AvgIpc) is 2.90. The number of allylic oxidation sites excluding steroid dienone is 2. The van der Waals surface area contributed by atoms with E-state index in [9.17, 15) is 24.9 Å². The smallest absolute Gasteiger partial charge is 0.405 e. The Kier molecular flexibility index (Phi) is 12.2. The number of rotatable bonds is 4. The molecule has 2 bridgehead atoms. The highest BCUT2D eigenvalue weighted by Crippen LogP contribution is 2.41. The van der Waals surface area contributed by atoms with Gasteiger partial charge in [-0.2, -0.15) is 0 Å². The number of nitrogens with two attached hydrogens (primary N) is 1. The van der Waals surface area contributed by atoms with Gasteiger partial charge in [-0.15, -0.1) is 0 Å². The van der Waals surface area contributed by atoms with E-state index < -0.39 is 48.4 Å². The van der Waals surface area contributed by atoms with Crippen molar-refractivity contribution in [1.82, 2.24) is 0 Å². The van der Waals surface area contributed by atoms with E-state index in [0.717, 1.165) is 0 Å². The maximum atomic E-state index is 12.9. The second kappa shape index (κ2) is 14.8. The number of primary amides is 1. The highest BCUT2D eigenvalue weighted by molar-refractivity contribution is 6.04. The van der Waals surface area contributed by atoms with E-state index in [0.29, 0.717) is 12.0 Å². The van der Waals surface area contributed by atoms with Gasteiger partial charge in [-0.1, -0.05) is 38.2 Å². The Balaban J connectivity index is 2.67. The molecule has 2 amide bonds. The van der Waals surface area contributed by atoms with Gasteiger partial charge >= 0.3 is 6.09 Å². The molecule has 3 unspecified atom stereocenters. The van der Waals surface area contributed by atoms with Crippen LogP contribution in [0.1, 0.15) is 45.8 Å². The fourth-order valence-corrected chi connectivity index (χ4v) is 4.88. The third-order valence-corrected chi connectivity index (χ3v) is 7.07. The van der Waals surface area contributed by atoms with Crippen LogP contribution in [-0.4, -0.2) is 73.1 Å². The van der Waals surface area contributed by atoms with Crippen LogP contribution < -0.4 is 11.1 Å². The van der Waals surface area contributed by atoms with Crippen molar-refractivity contribution in [2.24, 2.45) is 17.6 Å². The Morgan fingerprint density at radius 1 is 1.05 bits per heavy atom. The molecule has 0 aromatic heterocycles. The summed E-state index contributed by atoms with van der Waals surface area (Å²) in [6.45, 7) is 6.97. The van der Waals surface area contributed by atoms with Crippen molar-refractivity contribution < 1.29 is 43.9 Å². The summed E-state index contributed by atoms with van der Waals surface area (Å²) >= 11 is 0. The molecule has 0 radical (unpaired) electrons. The van der Waals surface area contributed by atoms with Gasteiger partial charge in [0.2, 0.25) is 0 Å². The number of aliphatic hydroxyl groups excluding tert-OH is 1. The van der Waals surface area contributed by atoms with Gasteiger partial charge in [-0.25, -0.2) is 4.79 Å². The van der Waals surface area contributed by atoms with Crippen LogP contribution in [-0.2, 0) is 23.7 Å². The summed E-state index contributed by atoms with van der Waals surface area (Å²) in [7, 11) is 4.39. The van der Waals surface area contributed by atoms with Crippen molar-refractivity contribution in [1.29, 1.82) is 0 Å². The molecule has 40 heavy (non-hydrogen) atoms. The van der Waals surface area contributed by atoms with Gasteiger partial charge in [0.25, 0.3) is 5.91 Å². The van der Waals surface area contributed by atoms with E-state index >= 15 is 0 Å². The van der Waals surface area contributed by atoms with Crippen molar-refractivity contribution in [2.45, 2.75) is 64.6 Å². The van der Waals surface area contributed by atoms with E-state index in [1.165, 1.54) is 39.5 Å². The van der Waals surface area contributed by atoms with Crippen molar-refractivity contribution in [3.05, 3.63) is 53.1 Å². The van der Waals surface area contributed by atoms with Gasteiger partial charge in [-0.3, -0.25) is 4.79 Å². The Hall–Kier alpha value is -3.38. The normalized spacial score (nSPS) is 32.2. The van der Waals surface area contributed by atoms with E-state index in [-0.39, 0.29) is 34.2 Å². The Bertz CT molecular complexity index is 1130. The standard InChI is InChI=1S/C29H42N2O9/c1-15-9-8-10-22(37-5)27(40-29(30)36)17(3)11-16(2)24(33)23(38-6)12-18(4)26(39-7)20-13-19(32)14-21(25(20)34)31-28(15)35/h8-11,13-14,16,18,22-24,26-27,32-34H,12H2,1-7H3,(H2,30,36)(H,31,35)/b10-8+,15-9-,17-11+/t16-,18-,22-,23?,24+,26?,27?/m0/s1. The Labute approximate surface area is 235 Å². The highest BCUT2D eigenvalue weighted by atomic mass is 16.6. The molecule has 6 N–H and O–H groups in total. The van der Waals surface area contributed by atoms with Crippen LogP contribution in [0.5, 0.6) is 11.5 Å². The van der Waals surface area contributed by atoms with Crippen molar-refractivity contribution in [3.63, 3.8) is 0 Å². The number of fused-ring (bicyclic) bond motifs is 2. The number of carbonyl (C=O) groups is 2. The fraction of sp³-hybridized carbons (Fsp3) is 0.517. The van der Waals surface area contributed by atoms with Gasteiger partial charge < -0.3 is 45.3 Å². The van der Waals surface area contributed by atoms with Gasteiger partial charge in [0.05, 0.1) is 24.0 Å². The largest absolute Gasteiger partial charge is 0.508 e. The SMILES string of the molecule is COC1c2cc(O)cc(c2O)NC(=O)/C(C)=C\C=C\[C@H](OC)C(OC(N)=O)/C(C)=C/[C@H](C)[C@@H](O)C(OC)C[C@@H]1C. The van der Waals surface area contributed by atoms with E-state index in [1.54, 1.807) is 39.0 Å². The summed E-state index contributed by atoms with van der Waals surface area (Å²) in [4.78, 5) is 24.6. The number of hydrogen-bond donors (Lipinski definition) is 5. The predicted octanol–water partition coefficient (Wildman–Crippen LogP) is 3.70. The zero-order valence-corrected chi connectivity index (χ0v) is 24.1. The average molecular weight is 563 g/mol. The van der Waals surface area contributed by atoms with E-state index in [4.69, 9.17) is 24.7 Å². The minimum Gasteiger partial charge on any atom is -0.508 e. The third kappa shape index (κ3) is 8.31. The van der Waals surface area contributed by atoms with Crippen LogP contribution in [0.25, 0.3) is 0 Å². The molecule has 0 spiro atoms. The molecule has 0 saturated heterocycles. The molecule has 11 nitrogen and oxygen atoms in total. The number of amides is 2. The molecule has 1 aromatic carbocycles. The summed E-state index contributed by atoms with van der Waals surface area (Å²) in [6, 6.07) is 2.62. The van der Waals surface area contributed by atoms with Crippen LogP contribution in [0, 0.1) is 11.8 Å². The summed E-state index contributed by atoms with van der Waals surface area (Å²) in [5.41, 5.74) is 6.48. The maximum absolute atomic E-state index is 12.9. The number of anilines is 1. The number of aliphatic hydroxyl groups is 1. The molecular weight excluding hydrogens is 520 g/mol. The van der Waals surface area contributed by atoms with Crippen LogP contribution in [0.15, 0.2) is 47.6 Å². The van der Waals surface area contributed by atoms with Crippen LogP contribution >= 0.6 is 0 Å². The maximum Gasteiger partial charge on any atom is 0.405 e. The monoisotopic (exact) mass is 562 g/mol. The number of nitrogens with one attached hydrogen (secondary N) is 1. The lowest BCUT2D eigenvalue weighted by Gasteiger charge is -2.32. The Morgan fingerprint density at radius 2 is 1.73 bits per heavy atom. The fourth-order valence-electron chi connectivity index (χ4n) is 4.88. The second-order valence-electron chi connectivity index (χ2n) is 10.1. The third-order valence-electron chi connectivity index (χ3n) is 7.07. The van der Waals surface area contributed by atoms with Crippen LogP contribution in [0.3, 0.4) is 0 Å². The lowest BCUT2D eigenvalue weighted by Crippen LogP contribution is -2.37. The molecule has 11 heteroatoms. The van der Waals surface area contributed by atoms with Crippen molar-refractivity contribution in [3.8, 4) is 11.5 Å². The summed E-state index contributed by atoms with van der Waals surface area (Å²) < 4.78 is 22.3. The number of hydrogen-bond acceptors (Lipinski definition) is 9. The molecule has 2 rings (SSSR count). The highest BCUT2D eigenvalue weighted by Gasteiger charge is 2.32. The minimum atomic E-state index is -0.995. The van der Waals surface area contributed by atoms with Crippen LogP contribution in [0.2, 0.25) is 0 Å². The molecule has 1 aliphatic rings. The molecule has 0 fully saturated rings. The van der Waals surface area contributed by atoms with Crippen molar-refractivity contribution >= 4 is 17.7 Å². The summed E-state index contributed by atoms with van der Waals surface area (Å²) in [5, 5.41) is 35.3. The second-order valence-corrected chi connectivity index (χ2v) is 10.1. The zero-order chi connectivity index (χ0) is 30.1. The molecule has 0 saturated carbocycles.